The van der Waals surface area contributed by atoms with Gasteiger partial charge in [0.05, 0.1) is 5.56 Å². The molecule has 0 aliphatic heterocycles. The molecule has 0 bridgehead atoms. The monoisotopic (exact) mass is 227 g/mol. The highest BCUT2D eigenvalue weighted by Gasteiger charge is 2.14. The minimum atomic E-state index is -1.05. The number of carbonyl (C=O) groups is 1. The largest absolute Gasteiger partial charge is 0.306 e. The van der Waals surface area contributed by atoms with E-state index < -0.39 is 11.6 Å². The first-order valence-corrected chi connectivity index (χ1v) is 5.22. The Morgan fingerprint density at radius 2 is 2.06 bits per heavy atom. The second kappa shape index (κ2) is 5.70. The smallest absolute Gasteiger partial charge is 0.169 e. The van der Waals surface area contributed by atoms with E-state index in [4.69, 9.17) is 0 Å². The van der Waals surface area contributed by atoms with Crippen LogP contribution in [0.5, 0.6) is 0 Å². The molecular weight excluding hydrogens is 212 g/mol. The van der Waals surface area contributed by atoms with Gasteiger partial charge in [0.1, 0.15) is 0 Å². The molecule has 0 N–H and O–H groups in total. The van der Waals surface area contributed by atoms with Crippen LogP contribution in [0, 0.1) is 11.6 Å². The summed E-state index contributed by atoms with van der Waals surface area (Å²) < 4.78 is 26.1. The SMILES string of the molecule is CCN(C)CCC(=O)c1cccc(F)c1F. The summed E-state index contributed by atoms with van der Waals surface area (Å²) in [5.74, 6) is -2.39. The molecular formula is C12H15F2NO. The van der Waals surface area contributed by atoms with Crippen LogP contribution in [0.2, 0.25) is 0 Å². The van der Waals surface area contributed by atoms with Gasteiger partial charge in [-0.2, -0.15) is 0 Å². The van der Waals surface area contributed by atoms with Crippen LogP contribution in [0.1, 0.15) is 23.7 Å². The molecule has 0 aromatic heterocycles. The highest BCUT2D eigenvalue weighted by Crippen LogP contribution is 2.13. The number of Topliss-reactive ketones (excluding diaryl/α,β-unsaturated/α-hetero) is 1. The van der Waals surface area contributed by atoms with Crippen molar-refractivity contribution in [2.75, 3.05) is 20.1 Å². The van der Waals surface area contributed by atoms with E-state index in [2.05, 4.69) is 0 Å². The van der Waals surface area contributed by atoms with E-state index in [0.29, 0.717) is 6.54 Å². The van der Waals surface area contributed by atoms with Gasteiger partial charge in [0.2, 0.25) is 0 Å². The summed E-state index contributed by atoms with van der Waals surface area (Å²) in [7, 11) is 1.87. The van der Waals surface area contributed by atoms with Gasteiger partial charge in [0.15, 0.2) is 17.4 Å². The third-order valence-electron chi connectivity index (χ3n) is 2.51. The normalized spacial score (nSPS) is 10.8. The van der Waals surface area contributed by atoms with Gasteiger partial charge >= 0.3 is 0 Å². The van der Waals surface area contributed by atoms with Crippen LogP contribution in [0.15, 0.2) is 18.2 Å². The quantitative estimate of drug-likeness (QED) is 0.720. The first-order valence-electron chi connectivity index (χ1n) is 5.22. The molecule has 0 aliphatic rings. The summed E-state index contributed by atoms with van der Waals surface area (Å²) in [6.07, 6.45) is 0.199. The lowest BCUT2D eigenvalue weighted by Gasteiger charge is -2.12. The molecule has 0 amide bonds. The third kappa shape index (κ3) is 3.10. The molecule has 88 valence electrons. The predicted octanol–water partition coefficient (Wildman–Crippen LogP) is 2.49. The van der Waals surface area contributed by atoms with Gasteiger partial charge in [-0.1, -0.05) is 13.0 Å². The van der Waals surface area contributed by atoms with E-state index >= 15 is 0 Å². The number of nitrogens with zero attached hydrogens (tertiary/aromatic N) is 1. The van der Waals surface area contributed by atoms with E-state index in [1.54, 1.807) is 0 Å². The topological polar surface area (TPSA) is 20.3 Å². The first-order chi connectivity index (χ1) is 7.56. The average Bonchev–Trinajstić information content (AvgIpc) is 2.29. The molecule has 0 saturated heterocycles. The first kappa shape index (κ1) is 12.8. The second-order valence-electron chi connectivity index (χ2n) is 3.67. The van der Waals surface area contributed by atoms with Gasteiger partial charge in [-0.25, -0.2) is 8.78 Å². The number of benzene rings is 1. The molecule has 16 heavy (non-hydrogen) atoms. The molecule has 0 atom stereocenters. The highest BCUT2D eigenvalue weighted by atomic mass is 19.2. The van der Waals surface area contributed by atoms with Crippen molar-refractivity contribution in [3.05, 3.63) is 35.4 Å². The van der Waals surface area contributed by atoms with Crippen LogP contribution in [-0.4, -0.2) is 30.8 Å². The summed E-state index contributed by atoms with van der Waals surface area (Å²) in [5, 5.41) is 0. The minimum absolute atomic E-state index is 0.162. The number of halogens is 2. The van der Waals surface area contributed by atoms with Crippen molar-refractivity contribution in [3.63, 3.8) is 0 Å². The molecule has 0 radical (unpaired) electrons. The Morgan fingerprint density at radius 3 is 2.69 bits per heavy atom. The lowest BCUT2D eigenvalue weighted by Crippen LogP contribution is -2.21. The summed E-state index contributed by atoms with van der Waals surface area (Å²) in [6.45, 7) is 3.33. The Labute approximate surface area is 93.9 Å². The van der Waals surface area contributed by atoms with Crippen molar-refractivity contribution >= 4 is 5.78 Å². The maximum absolute atomic E-state index is 13.2. The van der Waals surface area contributed by atoms with E-state index in [1.807, 2.05) is 18.9 Å². The fourth-order valence-electron chi connectivity index (χ4n) is 1.30. The predicted molar refractivity (Wildman–Crippen MR) is 58.5 cm³/mol. The highest BCUT2D eigenvalue weighted by molar-refractivity contribution is 5.96. The summed E-state index contributed by atoms with van der Waals surface area (Å²) in [5.41, 5.74) is -0.162. The Kier molecular flexibility index (Phi) is 4.55. The third-order valence-corrected chi connectivity index (χ3v) is 2.51. The molecule has 0 heterocycles. The molecule has 2 nitrogen and oxygen atoms in total. The van der Waals surface area contributed by atoms with Gasteiger partial charge < -0.3 is 4.90 Å². The minimum Gasteiger partial charge on any atom is -0.306 e. The summed E-state index contributed by atoms with van der Waals surface area (Å²) >= 11 is 0. The van der Waals surface area contributed by atoms with Gasteiger partial charge in [-0.15, -0.1) is 0 Å². The van der Waals surface area contributed by atoms with Crippen LogP contribution in [0.25, 0.3) is 0 Å². The van der Waals surface area contributed by atoms with E-state index in [1.165, 1.54) is 12.1 Å². The van der Waals surface area contributed by atoms with E-state index in [-0.39, 0.29) is 17.8 Å². The molecule has 0 saturated carbocycles. The van der Waals surface area contributed by atoms with E-state index in [9.17, 15) is 13.6 Å². The van der Waals surface area contributed by atoms with Crippen LogP contribution in [-0.2, 0) is 0 Å². The molecule has 4 heteroatoms. The van der Waals surface area contributed by atoms with Crippen molar-refractivity contribution < 1.29 is 13.6 Å². The Hall–Kier alpha value is -1.29. The Bertz CT molecular complexity index is 379. The Balaban J connectivity index is 2.70. The zero-order valence-electron chi connectivity index (χ0n) is 9.46. The van der Waals surface area contributed by atoms with Crippen molar-refractivity contribution in [2.24, 2.45) is 0 Å². The summed E-state index contributed by atoms with van der Waals surface area (Å²) in [4.78, 5) is 13.5. The molecule has 1 aromatic carbocycles. The van der Waals surface area contributed by atoms with Gasteiger partial charge in [-0.3, -0.25) is 4.79 Å². The number of rotatable bonds is 5. The maximum atomic E-state index is 13.2. The molecule has 1 aromatic rings. The molecule has 0 fully saturated rings. The zero-order chi connectivity index (χ0) is 12.1. The molecule has 0 spiro atoms. The van der Waals surface area contributed by atoms with Gasteiger partial charge in [-0.05, 0) is 25.7 Å². The molecule has 1 rings (SSSR count). The van der Waals surface area contributed by atoms with Crippen LogP contribution >= 0.6 is 0 Å². The summed E-state index contributed by atoms with van der Waals surface area (Å²) in [6, 6.07) is 3.66. The number of ketones is 1. The second-order valence-corrected chi connectivity index (χ2v) is 3.67. The average molecular weight is 227 g/mol. The number of hydrogen-bond donors (Lipinski definition) is 0. The van der Waals surface area contributed by atoms with Crippen LogP contribution in [0.3, 0.4) is 0 Å². The van der Waals surface area contributed by atoms with Crippen LogP contribution < -0.4 is 0 Å². The van der Waals surface area contributed by atoms with Crippen molar-refractivity contribution in [1.82, 2.24) is 4.90 Å². The van der Waals surface area contributed by atoms with Crippen molar-refractivity contribution in [1.29, 1.82) is 0 Å². The fraction of sp³-hybridized carbons (Fsp3) is 0.417. The lowest BCUT2D eigenvalue weighted by molar-refractivity contribution is 0.0965. The fourth-order valence-corrected chi connectivity index (χ4v) is 1.30. The lowest BCUT2D eigenvalue weighted by atomic mass is 10.1. The number of hydrogen-bond acceptors (Lipinski definition) is 2. The van der Waals surface area contributed by atoms with Gasteiger partial charge in [0.25, 0.3) is 0 Å². The maximum Gasteiger partial charge on any atom is 0.169 e. The van der Waals surface area contributed by atoms with Crippen molar-refractivity contribution in [3.8, 4) is 0 Å². The Morgan fingerprint density at radius 1 is 1.38 bits per heavy atom. The standard InChI is InChI=1S/C12H15F2NO/c1-3-15(2)8-7-11(16)9-5-4-6-10(13)12(9)14/h4-6H,3,7-8H2,1-2H3. The van der Waals surface area contributed by atoms with E-state index in [0.717, 1.165) is 12.6 Å². The van der Waals surface area contributed by atoms with Crippen LogP contribution in [0.4, 0.5) is 8.78 Å². The number of carbonyl (C=O) groups excluding carboxylic acids is 1. The molecule has 0 aliphatic carbocycles. The van der Waals surface area contributed by atoms with Crippen molar-refractivity contribution in [2.45, 2.75) is 13.3 Å². The molecule has 0 unspecified atom stereocenters. The zero-order valence-corrected chi connectivity index (χ0v) is 9.46. The van der Waals surface area contributed by atoms with Gasteiger partial charge in [0, 0.05) is 13.0 Å².